The zero-order valence-electron chi connectivity index (χ0n) is 14.9. The number of aromatic hydroxyl groups is 1. The molecule has 0 fully saturated rings. The van der Waals surface area contributed by atoms with E-state index in [9.17, 15) is 10.4 Å². The maximum Gasteiger partial charge on any atom is 0.115 e. The van der Waals surface area contributed by atoms with Crippen molar-refractivity contribution < 1.29 is 5.11 Å². The Morgan fingerprint density at radius 1 is 1.21 bits per heavy atom. The Balaban J connectivity index is 2.14. The summed E-state index contributed by atoms with van der Waals surface area (Å²) >= 11 is 1.69. The predicted octanol–water partition coefficient (Wildman–Crippen LogP) is 6.39. The second kappa shape index (κ2) is 8.89. The summed E-state index contributed by atoms with van der Waals surface area (Å²) in [6.45, 7) is 6.84. The van der Waals surface area contributed by atoms with Crippen molar-refractivity contribution in [2.24, 2.45) is 11.8 Å². The van der Waals surface area contributed by atoms with Crippen LogP contribution in [0.1, 0.15) is 56.9 Å². The molecule has 2 nitrogen and oxygen atoms in total. The van der Waals surface area contributed by atoms with Gasteiger partial charge >= 0.3 is 0 Å². The number of nitrogens with zero attached hydrogens (tertiary/aromatic N) is 1. The Morgan fingerprint density at radius 3 is 2.50 bits per heavy atom. The lowest BCUT2D eigenvalue weighted by Crippen LogP contribution is -2.08. The lowest BCUT2D eigenvalue weighted by atomic mass is 9.87. The van der Waals surface area contributed by atoms with E-state index in [4.69, 9.17) is 0 Å². The molecule has 1 aromatic heterocycles. The van der Waals surface area contributed by atoms with Gasteiger partial charge in [-0.15, -0.1) is 11.3 Å². The Labute approximate surface area is 149 Å². The van der Waals surface area contributed by atoms with Crippen molar-refractivity contribution in [3.63, 3.8) is 0 Å². The first kappa shape index (κ1) is 18.5. The van der Waals surface area contributed by atoms with Crippen LogP contribution in [0.15, 0.2) is 29.6 Å². The van der Waals surface area contributed by atoms with Gasteiger partial charge in [-0.05, 0) is 42.4 Å². The minimum absolute atomic E-state index is 0.253. The van der Waals surface area contributed by atoms with E-state index < -0.39 is 0 Å². The minimum atomic E-state index is 0.253. The number of phenolic OH excluding ortho intramolecular Hbond substituents is 1. The molecule has 2 unspecified atom stereocenters. The van der Waals surface area contributed by atoms with Crippen LogP contribution in [-0.2, 0) is 6.42 Å². The zero-order valence-corrected chi connectivity index (χ0v) is 15.7. The molecule has 2 atom stereocenters. The van der Waals surface area contributed by atoms with Gasteiger partial charge in [-0.25, -0.2) is 0 Å². The molecule has 0 aliphatic heterocycles. The largest absolute Gasteiger partial charge is 0.508 e. The standard InChI is InChI=1S/C21H27NOS/c1-4-6-16(5-2)11-15(3)12-21-19(13-22)20(14-24-21)17-7-9-18(23)10-8-17/h7-10,14-16,23H,4-6,11-12H2,1-3H3. The molecule has 0 aliphatic carbocycles. The van der Waals surface area contributed by atoms with Crippen LogP contribution in [0, 0.1) is 23.2 Å². The summed E-state index contributed by atoms with van der Waals surface area (Å²) in [5, 5.41) is 21.2. The van der Waals surface area contributed by atoms with E-state index in [1.54, 1.807) is 23.5 Å². The molecule has 2 rings (SSSR count). The summed E-state index contributed by atoms with van der Waals surface area (Å²) in [5.41, 5.74) is 2.79. The van der Waals surface area contributed by atoms with Gasteiger partial charge < -0.3 is 5.11 Å². The highest BCUT2D eigenvalue weighted by molar-refractivity contribution is 7.10. The molecule has 128 valence electrons. The summed E-state index contributed by atoms with van der Waals surface area (Å²) in [7, 11) is 0. The Bertz CT molecular complexity index is 681. The second-order valence-electron chi connectivity index (χ2n) is 6.71. The summed E-state index contributed by atoms with van der Waals surface area (Å²) in [5.74, 6) is 1.65. The molecule has 0 bridgehead atoms. The van der Waals surface area contributed by atoms with Gasteiger partial charge in [-0.3, -0.25) is 0 Å². The topological polar surface area (TPSA) is 44.0 Å². The van der Waals surface area contributed by atoms with Gasteiger partial charge in [0.2, 0.25) is 0 Å². The first-order chi connectivity index (χ1) is 11.6. The van der Waals surface area contributed by atoms with E-state index in [1.807, 2.05) is 12.1 Å². The van der Waals surface area contributed by atoms with Crippen LogP contribution in [0.3, 0.4) is 0 Å². The predicted molar refractivity (Wildman–Crippen MR) is 102 cm³/mol. The minimum Gasteiger partial charge on any atom is -0.508 e. The van der Waals surface area contributed by atoms with Crippen LogP contribution in [0.25, 0.3) is 11.1 Å². The molecule has 0 saturated heterocycles. The van der Waals surface area contributed by atoms with Crippen molar-refractivity contribution in [1.82, 2.24) is 0 Å². The second-order valence-corrected chi connectivity index (χ2v) is 7.68. The number of benzene rings is 1. The van der Waals surface area contributed by atoms with Gasteiger partial charge in [0.1, 0.15) is 11.8 Å². The summed E-state index contributed by atoms with van der Waals surface area (Å²) < 4.78 is 0. The number of phenols is 1. The third-order valence-corrected chi connectivity index (χ3v) is 5.71. The van der Waals surface area contributed by atoms with E-state index in [1.165, 1.54) is 30.6 Å². The third kappa shape index (κ3) is 4.61. The van der Waals surface area contributed by atoms with Crippen LogP contribution in [0.2, 0.25) is 0 Å². The highest BCUT2D eigenvalue weighted by Crippen LogP contribution is 2.34. The number of hydrogen-bond donors (Lipinski definition) is 1. The van der Waals surface area contributed by atoms with Crippen molar-refractivity contribution in [3.8, 4) is 22.9 Å². The van der Waals surface area contributed by atoms with Gasteiger partial charge in [0.15, 0.2) is 0 Å². The van der Waals surface area contributed by atoms with Crippen LogP contribution < -0.4 is 0 Å². The molecule has 0 aliphatic rings. The van der Waals surface area contributed by atoms with Gasteiger partial charge in [0.25, 0.3) is 0 Å². The zero-order chi connectivity index (χ0) is 17.5. The fraction of sp³-hybridized carbons (Fsp3) is 0.476. The molecule has 2 aromatic rings. The molecule has 0 amide bonds. The summed E-state index contributed by atoms with van der Waals surface area (Å²) in [6.07, 6.45) is 6.01. The van der Waals surface area contributed by atoms with Crippen molar-refractivity contribution in [2.45, 2.75) is 52.9 Å². The average Bonchev–Trinajstić information content (AvgIpc) is 2.97. The van der Waals surface area contributed by atoms with Crippen molar-refractivity contribution in [2.75, 3.05) is 0 Å². The average molecular weight is 342 g/mol. The van der Waals surface area contributed by atoms with Gasteiger partial charge in [-0.2, -0.15) is 5.26 Å². The highest BCUT2D eigenvalue weighted by Gasteiger charge is 2.17. The number of thiophene rings is 1. The van der Waals surface area contributed by atoms with Crippen LogP contribution in [0.5, 0.6) is 5.75 Å². The SMILES string of the molecule is CCCC(CC)CC(C)Cc1scc(-c2ccc(O)cc2)c1C#N. The Morgan fingerprint density at radius 2 is 1.92 bits per heavy atom. The molecule has 1 aromatic carbocycles. The molecule has 1 heterocycles. The third-order valence-electron chi connectivity index (χ3n) is 4.70. The Kier molecular flexibility index (Phi) is 6.87. The normalized spacial score (nSPS) is 13.4. The van der Waals surface area contributed by atoms with Crippen molar-refractivity contribution in [1.29, 1.82) is 5.26 Å². The summed E-state index contributed by atoms with van der Waals surface area (Å²) in [6, 6.07) is 9.50. The summed E-state index contributed by atoms with van der Waals surface area (Å²) in [4.78, 5) is 1.19. The monoisotopic (exact) mass is 341 g/mol. The molecular formula is C21H27NOS. The van der Waals surface area contributed by atoms with E-state index in [0.717, 1.165) is 29.0 Å². The first-order valence-electron chi connectivity index (χ1n) is 8.88. The number of nitriles is 1. The fourth-order valence-corrected chi connectivity index (χ4v) is 4.56. The van der Waals surface area contributed by atoms with Gasteiger partial charge in [0, 0.05) is 15.8 Å². The Hall–Kier alpha value is -1.79. The quantitative estimate of drug-likeness (QED) is 0.604. The van der Waals surface area contributed by atoms with Crippen LogP contribution in [0.4, 0.5) is 0 Å². The number of hydrogen-bond acceptors (Lipinski definition) is 3. The molecule has 0 radical (unpaired) electrons. The molecule has 3 heteroatoms. The van der Waals surface area contributed by atoms with Crippen LogP contribution >= 0.6 is 11.3 Å². The molecular weight excluding hydrogens is 314 g/mol. The molecule has 0 spiro atoms. The van der Waals surface area contributed by atoms with Gasteiger partial charge in [0.05, 0.1) is 5.56 Å². The lowest BCUT2D eigenvalue weighted by molar-refractivity contribution is 0.357. The van der Waals surface area contributed by atoms with Gasteiger partial charge in [-0.1, -0.05) is 52.2 Å². The first-order valence-corrected chi connectivity index (χ1v) is 9.76. The van der Waals surface area contributed by atoms with Crippen molar-refractivity contribution in [3.05, 3.63) is 40.1 Å². The van der Waals surface area contributed by atoms with Crippen molar-refractivity contribution >= 4 is 11.3 Å². The smallest absolute Gasteiger partial charge is 0.115 e. The highest BCUT2D eigenvalue weighted by atomic mass is 32.1. The lowest BCUT2D eigenvalue weighted by Gasteiger charge is -2.18. The molecule has 24 heavy (non-hydrogen) atoms. The van der Waals surface area contributed by atoms with E-state index in [-0.39, 0.29) is 5.75 Å². The molecule has 0 saturated carbocycles. The van der Waals surface area contributed by atoms with E-state index in [0.29, 0.717) is 5.92 Å². The molecule has 1 N–H and O–H groups in total. The van der Waals surface area contributed by atoms with Crippen LogP contribution in [-0.4, -0.2) is 5.11 Å². The van der Waals surface area contributed by atoms with E-state index >= 15 is 0 Å². The maximum atomic E-state index is 9.64. The number of rotatable bonds is 8. The maximum absolute atomic E-state index is 9.64. The van der Waals surface area contributed by atoms with E-state index in [2.05, 4.69) is 32.2 Å². The fourth-order valence-electron chi connectivity index (χ4n) is 3.39.